The summed E-state index contributed by atoms with van der Waals surface area (Å²) in [5.41, 5.74) is 1.19. The van der Waals surface area contributed by atoms with Crippen molar-refractivity contribution < 1.29 is 9.84 Å². The Kier molecular flexibility index (Phi) is 13.2. The standard InChI is InChI=1S/C16H27N3O2.HI/c1-3-17-16(19-11-12-20)18-10-7-13-21-14(2)15-8-5-4-6-9-15;/h4-6,8-9,14,20H,3,7,10-13H2,1-2H3,(H2,17,18,19);1H. The largest absolute Gasteiger partial charge is 0.395 e. The molecule has 1 aromatic rings. The Morgan fingerprint density at radius 2 is 2.00 bits per heavy atom. The molecule has 0 aromatic heterocycles. The molecule has 0 heterocycles. The predicted octanol–water partition coefficient (Wildman–Crippen LogP) is 2.32. The zero-order valence-electron chi connectivity index (χ0n) is 13.4. The van der Waals surface area contributed by atoms with Crippen molar-refractivity contribution in [3.05, 3.63) is 35.9 Å². The second-order valence-corrected chi connectivity index (χ2v) is 4.69. The van der Waals surface area contributed by atoms with Crippen molar-refractivity contribution in [1.29, 1.82) is 0 Å². The number of guanidine groups is 1. The number of aliphatic hydroxyl groups is 1. The fraction of sp³-hybridized carbons (Fsp3) is 0.562. The Morgan fingerprint density at radius 1 is 1.27 bits per heavy atom. The fourth-order valence-corrected chi connectivity index (χ4v) is 1.85. The minimum absolute atomic E-state index is 0. The average molecular weight is 421 g/mol. The lowest BCUT2D eigenvalue weighted by Gasteiger charge is -2.13. The maximum Gasteiger partial charge on any atom is 0.191 e. The van der Waals surface area contributed by atoms with Crippen molar-refractivity contribution in [2.24, 2.45) is 4.99 Å². The summed E-state index contributed by atoms with van der Waals surface area (Å²) in [4.78, 5) is 4.42. The molecule has 0 radical (unpaired) electrons. The molecule has 0 aliphatic rings. The van der Waals surface area contributed by atoms with Crippen LogP contribution in [0.1, 0.15) is 31.9 Å². The number of nitrogens with zero attached hydrogens (tertiary/aromatic N) is 1. The topological polar surface area (TPSA) is 65.9 Å². The first kappa shape index (κ1) is 21.1. The first-order valence-electron chi connectivity index (χ1n) is 7.57. The van der Waals surface area contributed by atoms with Gasteiger partial charge in [-0.15, -0.1) is 24.0 Å². The van der Waals surface area contributed by atoms with Gasteiger partial charge < -0.3 is 20.5 Å². The van der Waals surface area contributed by atoms with Gasteiger partial charge in [0.15, 0.2) is 5.96 Å². The van der Waals surface area contributed by atoms with E-state index in [2.05, 4.69) is 34.7 Å². The van der Waals surface area contributed by atoms with E-state index in [-0.39, 0.29) is 36.7 Å². The first-order chi connectivity index (χ1) is 10.3. The van der Waals surface area contributed by atoms with Gasteiger partial charge in [0.2, 0.25) is 0 Å². The Hall–Kier alpha value is -0.860. The molecule has 1 rings (SSSR count). The van der Waals surface area contributed by atoms with E-state index in [4.69, 9.17) is 9.84 Å². The van der Waals surface area contributed by atoms with Gasteiger partial charge in [0.25, 0.3) is 0 Å². The molecule has 1 aromatic carbocycles. The number of ether oxygens (including phenoxy) is 1. The fourth-order valence-electron chi connectivity index (χ4n) is 1.85. The molecule has 22 heavy (non-hydrogen) atoms. The van der Waals surface area contributed by atoms with Gasteiger partial charge in [0.05, 0.1) is 12.7 Å². The van der Waals surface area contributed by atoms with Crippen LogP contribution in [0.25, 0.3) is 0 Å². The Bertz CT molecular complexity index is 402. The Morgan fingerprint density at radius 3 is 2.64 bits per heavy atom. The second-order valence-electron chi connectivity index (χ2n) is 4.69. The first-order valence-corrected chi connectivity index (χ1v) is 7.57. The van der Waals surface area contributed by atoms with Crippen molar-refractivity contribution in [3.8, 4) is 0 Å². The van der Waals surface area contributed by atoms with Gasteiger partial charge in [-0.1, -0.05) is 30.3 Å². The quantitative estimate of drug-likeness (QED) is 0.248. The van der Waals surface area contributed by atoms with Crippen LogP contribution in [0.4, 0.5) is 0 Å². The van der Waals surface area contributed by atoms with Crippen LogP contribution in [0.2, 0.25) is 0 Å². The molecule has 0 aliphatic heterocycles. The molecular formula is C16H28IN3O2. The van der Waals surface area contributed by atoms with E-state index in [9.17, 15) is 0 Å². The molecule has 0 saturated heterocycles. The van der Waals surface area contributed by atoms with E-state index < -0.39 is 0 Å². The van der Waals surface area contributed by atoms with E-state index >= 15 is 0 Å². The van der Waals surface area contributed by atoms with E-state index in [1.54, 1.807) is 0 Å². The van der Waals surface area contributed by atoms with Crippen molar-refractivity contribution in [3.63, 3.8) is 0 Å². The van der Waals surface area contributed by atoms with Gasteiger partial charge in [-0.2, -0.15) is 0 Å². The third-order valence-corrected chi connectivity index (χ3v) is 2.96. The number of aliphatic imine (C=N–C) groups is 1. The molecular weight excluding hydrogens is 393 g/mol. The second kappa shape index (κ2) is 13.8. The van der Waals surface area contributed by atoms with Gasteiger partial charge in [-0.3, -0.25) is 4.99 Å². The molecule has 5 nitrogen and oxygen atoms in total. The number of halogens is 1. The monoisotopic (exact) mass is 421 g/mol. The maximum atomic E-state index is 8.80. The SMILES string of the molecule is CCNC(=NCCCOC(C)c1ccccc1)NCCO.I. The lowest BCUT2D eigenvalue weighted by Crippen LogP contribution is -2.38. The summed E-state index contributed by atoms with van der Waals surface area (Å²) in [7, 11) is 0. The predicted molar refractivity (Wildman–Crippen MR) is 102 cm³/mol. The summed E-state index contributed by atoms with van der Waals surface area (Å²) >= 11 is 0. The molecule has 0 fully saturated rings. The van der Waals surface area contributed by atoms with Gasteiger partial charge >= 0.3 is 0 Å². The van der Waals surface area contributed by atoms with Crippen LogP contribution in [-0.4, -0.2) is 43.9 Å². The summed E-state index contributed by atoms with van der Waals surface area (Å²) in [5.74, 6) is 0.739. The molecule has 3 N–H and O–H groups in total. The normalized spacial score (nSPS) is 12.4. The molecule has 1 atom stereocenters. The lowest BCUT2D eigenvalue weighted by atomic mass is 10.1. The summed E-state index contributed by atoms with van der Waals surface area (Å²) in [6, 6.07) is 10.2. The summed E-state index contributed by atoms with van der Waals surface area (Å²) in [5, 5.41) is 15.0. The van der Waals surface area contributed by atoms with Crippen molar-refractivity contribution in [2.75, 3.05) is 32.8 Å². The van der Waals surface area contributed by atoms with Gasteiger partial charge in [-0.25, -0.2) is 0 Å². The van der Waals surface area contributed by atoms with Crippen LogP contribution >= 0.6 is 24.0 Å². The highest BCUT2D eigenvalue weighted by Crippen LogP contribution is 2.15. The zero-order valence-corrected chi connectivity index (χ0v) is 15.7. The van der Waals surface area contributed by atoms with Crippen LogP contribution in [0.15, 0.2) is 35.3 Å². The summed E-state index contributed by atoms with van der Waals surface area (Å²) < 4.78 is 5.80. The van der Waals surface area contributed by atoms with Crippen LogP contribution < -0.4 is 10.6 Å². The van der Waals surface area contributed by atoms with E-state index in [0.29, 0.717) is 19.7 Å². The number of aliphatic hydroxyl groups excluding tert-OH is 1. The minimum Gasteiger partial charge on any atom is -0.395 e. The number of nitrogens with one attached hydrogen (secondary N) is 2. The number of rotatable bonds is 9. The van der Waals surface area contributed by atoms with Gasteiger partial charge in [-0.05, 0) is 25.8 Å². The van der Waals surface area contributed by atoms with Crippen LogP contribution in [0, 0.1) is 0 Å². The average Bonchev–Trinajstić information content (AvgIpc) is 2.52. The van der Waals surface area contributed by atoms with E-state index in [1.807, 2.05) is 25.1 Å². The van der Waals surface area contributed by atoms with Crippen molar-refractivity contribution >= 4 is 29.9 Å². The molecule has 0 amide bonds. The number of hydrogen-bond donors (Lipinski definition) is 3. The third-order valence-electron chi connectivity index (χ3n) is 2.96. The lowest BCUT2D eigenvalue weighted by molar-refractivity contribution is 0.0652. The number of hydrogen-bond acceptors (Lipinski definition) is 3. The van der Waals surface area contributed by atoms with Gasteiger partial charge in [0, 0.05) is 26.2 Å². The molecule has 0 aliphatic carbocycles. The third kappa shape index (κ3) is 9.22. The molecule has 126 valence electrons. The van der Waals surface area contributed by atoms with Crippen LogP contribution in [-0.2, 0) is 4.74 Å². The van der Waals surface area contributed by atoms with Crippen LogP contribution in [0.3, 0.4) is 0 Å². The Balaban J connectivity index is 0.00000441. The highest BCUT2D eigenvalue weighted by atomic mass is 127. The van der Waals surface area contributed by atoms with Crippen LogP contribution in [0.5, 0.6) is 0 Å². The molecule has 0 saturated carbocycles. The van der Waals surface area contributed by atoms with Crippen molar-refractivity contribution in [1.82, 2.24) is 10.6 Å². The molecule has 1 unspecified atom stereocenters. The maximum absolute atomic E-state index is 8.80. The zero-order chi connectivity index (χ0) is 15.3. The molecule has 6 heteroatoms. The van der Waals surface area contributed by atoms with Crippen molar-refractivity contribution in [2.45, 2.75) is 26.4 Å². The minimum atomic E-state index is 0. The highest BCUT2D eigenvalue weighted by molar-refractivity contribution is 14.0. The summed E-state index contributed by atoms with van der Waals surface area (Å²) in [6.45, 7) is 6.86. The summed E-state index contributed by atoms with van der Waals surface area (Å²) in [6.07, 6.45) is 0.975. The smallest absolute Gasteiger partial charge is 0.191 e. The Labute approximate surface area is 150 Å². The van der Waals surface area contributed by atoms with E-state index in [0.717, 1.165) is 18.9 Å². The molecule has 0 spiro atoms. The molecule has 0 bridgehead atoms. The van der Waals surface area contributed by atoms with Gasteiger partial charge in [0.1, 0.15) is 0 Å². The number of benzene rings is 1. The highest BCUT2D eigenvalue weighted by Gasteiger charge is 2.04. The van der Waals surface area contributed by atoms with E-state index in [1.165, 1.54) is 5.56 Å².